The SMILES string of the molecule is F[P-](F)(F)(F)(F)F.[CH]1[CH][CH][CH][CH]1.[CH]1[C]2C=CC=C[C]2[C]2C=CC=C[C]12.[Fe]. The Morgan fingerprint density at radius 3 is 1.08 bits per heavy atom. The van der Waals surface area contributed by atoms with Gasteiger partial charge in [0.15, 0.2) is 0 Å². The standard InChI is InChI=1S/C13H9.C5H5.F6P.Fe/c1-3-7-12-10(5-1)9-11-6-2-4-8-13(11)12;1-2-4-5-3-1;1-7(2,3,4,5)6;/h1-9H;1-5H;;/q;;-1;. The van der Waals surface area contributed by atoms with E-state index in [0.29, 0.717) is 0 Å². The zero-order chi connectivity index (χ0) is 18.6. The third-order valence-corrected chi connectivity index (χ3v) is 3.08. The van der Waals surface area contributed by atoms with Gasteiger partial charge in [0.2, 0.25) is 0 Å². The summed E-state index contributed by atoms with van der Waals surface area (Å²) in [5.41, 5.74) is 0. The van der Waals surface area contributed by atoms with Gasteiger partial charge in [0.1, 0.15) is 0 Å². The Morgan fingerprint density at radius 2 is 0.769 bits per heavy atom. The van der Waals surface area contributed by atoms with Crippen molar-refractivity contribution in [1.82, 2.24) is 0 Å². The van der Waals surface area contributed by atoms with Gasteiger partial charge in [0, 0.05) is 40.7 Å². The number of allylic oxidation sites excluding steroid dienone is 8. The molecule has 2 fully saturated rings. The van der Waals surface area contributed by atoms with Crippen molar-refractivity contribution in [3.05, 3.63) is 111 Å². The first kappa shape index (κ1) is 23.5. The third-order valence-electron chi connectivity index (χ3n) is 3.08. The van der Waals surface area contributed by atoms with Gasteiger partial charge >= 0.3 is 33.0 Å². The van der Waals surface area contributed by atoms with Crippen LogP contribution in [-0.2, 0) is 17.1 Å². The van der Waals surface area contributed by atoms with Gasteiger partial charge in [-0.1, -0.05) is 48.6 Å². The van der Waals surface area contributed by atoms with Crippen LogP contribution in [0.25, 0.3) is 0 Å². The molecule has 0 aromatic carbocycles. The second-order valence-electron chi connectivity index (χ2n) is 5.24. The summed E-state index contributed by atoms with van der Waals surface area (Å²) in [5, 5.41) is 0. The van der Waals surface area contributed by atoms with Gasteiger partial charge in [0.25, 0.3) is 0 Å². The summed E-state index contributed by atoms with van der Waals surface area (Å²) in [6.07, 6.45) is 29.3. The van der Waals surface area contributed by atoms with Crippen LogP contribution in [0.3, 0.4) is 0 Å². The molecule has 4 aliphatic rings. The van der Waals surface area contributed by atoms with E-state index in [0.717, 1.165) is 0 Å². The minimum Gasteiger partial charge on any atom is -0.0761 e. The van der Waals surface area contributed by atoms with Crippen molar-refractivity contribution >= 4 is 7.81 Å². The van der Waals surface area contributed by atoms with E-state index in [1.54, 1.807) is 0 Å². The number of halogens is 6. The molecule has 0 unspecified atom stereocenters. The molecule has 4 aliphatic carbocycles. The van der Waals surface area contributed by atoms with Crippen molar-refractivity contribution < 1.29 is 42.3 Å². The van der Waals surface area contributed by atoms with Gasteiger partial charge in [-0.2, -0.15) is 0 Å². The van der Waals surface area contributed by atoms with Gasteiger partial charge in [-0.3, -0.25) is 0 Å². The van der Waals surface area contributed by atoms with Crippen LogP contribution in [0.4, 0.5) is 25.2 Å². The first-order chi connectivity index (χ1) is 11.4. The number of hydrogen-bond donors (Lipinski definition) is 0. The summed E-state index contributed by atoms with van der Waals surface area (Å²) in [7, 11) is -10.7. The normalized spacial score (nSPS) is 25.0. The average Bonchev–Trinajstić information content (AvgIpc) is 3.15. The molecule has 0 aromatic rings. The first-order valence-corrected chi connectivity index (χ1v) is 9.19. The Hall–Kier alpha value is -0.511. The molecule has 0 saturated heterocycles. The molecule has 4 rings (SSSR count). The molecule has 0 nitrogen and oxygen atoms in total. The number of rotatable bonds is 0. The van der Waals surface area contributed by atoms with E-state index in [9.17, 15) is 25.2 Å². The molecule has 10 radical (unpaired) electrons. The van der Waals surface area contributed by atoms with Gasteiger partial charge in [0.05, 0.1) is 0 Å². The molecular weight excluding hydrogens is 417 g/mol. The average molecular weight is 431 g/mol. The number of hydrogen-bond acceptors (Lipinski definition) is 0. The van der Waals surface area contributed by atoms with Crippen LogP contribution in [0.2, 0.25) is 0 Å². The van der Waals surface area contributed by atoms with Gasteiger partial charge in [-0.15, -0.1) is 0 Å². The molecular formula is C18H14F6FeP-. The topological polar surface area (TPSA) is 0 Å². The van der Waals surface area contributed by atoms with Crippen LogP contribution in [0.15, 0.2) is 48.6 Å². The maximum atomic E-state index is 9.87. The fourth-order valence-corrected chi connectivity index (χ4v) is 2.22. The summed E-state index contributed by atoms with van der Waals surface area (Å²) < 4.78 is 59.2. The van der Waals surface area contributed by atoms with Crippen molar-refractivity contribution in [1.29, 1.82) is 0 Å². The fraction of sp³-hybridized carbons (Fsp3) is 0. The first-order valence-electron chi connectivity index (χ1n) is 7.16. The predicted molar refractivity (Wildman–Crippen MR) is 88.9 cm³/mol. The molecule has 0 spiro atoms. The van der Waals surface area contributed by atoms with Crippen molar-refractivity contribution in [2.45, 2.75) is 0 Å². The summed E-state index contributed by atoms with van der Waals surface area (Å²) in [6.45, 7) is 0. The van der Waals surface area contributed by atoms with Gasteiger partial charge in [-0.25, -0.2) is 0 Å². The maximum absolute atomic E-state index is 10.7. The summed E-state index contributed by atoms with van der Waals surface area (Å²) in [6, 6.07) is 0. The van der Waals surface area contributed by atoms with Crippen LogP contribution < -0.4 is 0 Å². The maximum Gasteiger partial charge on any atom is 0.0205 e. The van der Waals surface area contributed by atoms with Crippen LogP contribution >= 0.6 is 7.81 Å². The van der Waals surface area contributed by atoms with Gasteiger partial charge in [-0.05, 0) is 38.5 Å². The number of fused-ring (bicyclic) bond motifs is 3. The van der Waals surface area contributed by atoms with E-state index in [4.69, 9.17) is 0 Å². The Labute approximate surface area is 161 Å². The zero-order valence-electron chi connectivity index (χ0n) is 13.2. The second kappa shape index (κ2) is 8.24. The molecule has 0 aromatic heterocycles. The van der Waals surface area contributed by atoms with Crippen molar-refractivity contribution in [3.63, 3.8) is 0 Å². The molecule has 142 valence electrons. The molecule has 0 bridgehead atoms. The smallest absolute Gasteiger partial charge is 0.0205 e. The van der Waals surface area contributed by atoms with E-state index in [2.05, 4.69) is 55.0 Å². The quantitative estimate of drug-likeness (QED) is 0.217. The largest absolute Gasteiger partial charge is 0.0761 e. The summed E-state index contributed by atoms with van der Waals surface area (Å²) >= 11 is 0. The van der Waals surface area contributed by atoms with Crippen molar-refractivity contribution in [2.24, 2.45) is 0 Å². The minimum absolute atomic E-state index is 0. The molecule has 0 amide bonds. The van der Waals surface area contributed by atoms with Gasteiger partial charge < -0.3 is 0 Å². The molecule has 0 atom stereocenters. The van der Waals surface area contributed by atoms with E-state index in [-0.39, 0.29) is 17.1 Å². The Bertz CT molecular complexity index is 521. The molecule has 0 N–H and O–H groups in total. The van der Waals surface area contributed by atoms with Crippen molar-refractivity contribution in [3.8, 4) is 0 Å². The van der Waals surface area contributed by atoms with E-state index < -0.39 is 7.81 Å². The third kappa shape index (κ3) is 9.99. The minimum atomic E-state index is -10.7. The summed E-state index contributed by atoms with van der Waals surface area (Å²) in [4.78, 5) is 0. The zero-order valence-corrected chi connectivity index (χ0v) is 15.2. The van der Waals surface area contributed by atoms with E-state index in [1.807, 2.05) is 32.1 Å². The molecule has 8 heteroatoms. The van der Waals surface area contributed by atoms with Crippen LogP contribution in [-0.4, -0.2) is 0 Å². The monoisotopic (exact) mass is 431 g/mol. The molecule has 0 heterocycles. The summed E-state index contributed by atoms with van der Waals surface area (Å²) in [5.74, 6) is 5.39. The molecule has 26 heavy (non-hydrogen) atoms. The predicted octanol–water partition coefficient (Wildman–Crippen LogP) is 7.16. The van der Waals surface area contributed by atoms with Crippen LogP contribution in [0, 0.1) is 62.2 Å². The Kier molecular flexibility index (Phi) is 7.46. The Balaban J connectivity index is 0.000000222. The second-order valence-corrected chi connectivity index (χ2v) is 7.16. The molecule has 0 aliphatic heterocycles. The van der Waals surface area contributed by atoms with E-state index >= 15 is 0 Å². The van der Waals surface area contributed by atoms with E-state index in [1.165, 1.54) is 23.7 Å². The van der Waals surface area contributed by atoms with Crippen LogP contribution in [0.5, 0.6) is 0 Å². The fourth-order valence-electron chi connectivity index (χ4n) is 2.22. The van der Waals surface area contributed by atoms with Crippen molar-refractivity contribution in [2.75, 3.05) is 0 Å². The van der Waals surface area contributed by atoms with Crippen LogP contribution in [0.1, 0.15) is 0 Å². The Morgan fingerprint density at radius 1 is 0.500 bits per heavy atom. The molecule has 2 saturated carbocycles.